The summed E-state index contributed by atoms with van der Waals surface area (Å²) in [7, 11) is 0. The fourth-order valence-corrected chi connectivity index (χ4v) is 16.0. The van der Waals surface area contributed by atoms with E-state index in [2.05, 4.69) is 31.2 Å². The van der Waals surface area contributed by atoms with Crippen LogP contribution in [0.5, 0.6) is 0 Å². The van der Waals surface area contributed by atoms with Gasteiger partial charge in [0.25, 0.3) is 23.6 Å². The van der Waals surface area contributed by atoms with E-state index in [-0.39, 0.29) is 65.2 Å². The van der Waals surface area contributed by atoms with Gasteiger partial charge < -0.3 is 47.5 Å². The zero-order valence-electron chi connectivity index (χ0n) is 49.3. The molecular formula is C59H62N16O9S6. The first kappa shape index (κ1) is 63.6. The molecule has 0 aliphatic carbocycles. The van der Waals surface area contributed by atoms with Crippen molar-refractivity contribution in [2.45, 2.75) is 96.7 Å². The van der Waals surface area contributed by atoms with Crippen molar-refractivity contribution in [1.29, 1.82) is 0 Å². The maximum atomic E-state index is 14.4. The minimum absolute atomic E-state index is 0.0175. The number of fused-ring (bicyclic) bond motifs is 14. The fraction of sp³-hybridized carbons (Fsp3) is 0.373. The number of aliphatic hydroxyl groups excluding tert-OH is 1. The molecule has 8 aromatic rings. The standard InChI is InChI=1S/C59H62N16O9S6/c1-6-74(7-2)21-40-45-50(81)62-20-41(77)70-46(47(78)29-12-9-8-10-13-29)57-69-38(26-88-57)55-66-35(23-86-55)44-31(15-16-32(63-44)54-68-37(25-87-54)52-65-34(22-84-52)59(83)75-17-11-14-39(75)48(61)79)53-67-36(24-85-53)49(80)64-33(18-30(76)19-60)56-72-43(28(5)89-56)51(82)71-42(27(3)4)58(73-45)90-40/h8-10,12-13,15-16,23-27,33-34,39,42,46-47,78H,6-7,11,14,17-22,60H2,1-5H3,(H2,61,79)(H,62,81)(H,64,80)(H,70,77)(H,71,82)/t33-,34-,39-,42-,46?,47?/m0/s1. The van der Waals surface area contributed by atoms with Crippen LogP contribution < -0.4 is 32.7 Å². The second kappa shape index (κ2) is 27.6. The number of nitrogens with one attached hydrogen (secondary N) is 4. The van der Waals surface area contributed by atoms with Crippen molar-refractivity contribution in [2.24, 2.45) is 22.4 Å². The minimum Gasteiger partial charge on any atom is -0.473 e. The summed E-state index contributed by atoms with van der Waals surface area (Å²) in [6.45, 7) is 10.8. The number of aryl methyl sites for hydroxylation is 1. The van der Waals surface area contributed by atoms with Crippen molar-refractivity contribution in [2.75, 3.05) is 39.3 Å². The zero-order chi connectivity index (χ0) is 63.5. The molecule has 6 atom stereocenters. The second-order valence-corrected chi connectivity index (χ2v) is 27.4. The molecule has 11 rings (SSSR count). The Labute approximate surface area is 539 Å². The number of hydrogen-bond donors (Lipinski definition) is 7. The van der Waals surface area contributed by atoms with Crippen molar-refractivity contribution in [3.8, 4) is 43.4 Å². The minimum atomic E-state index is -1.28. The lowest BCUT2D eigenvalue weighted by Gasteiger charge is -2.23. The summed E-state index contributed by atoms with van der Waals surface area (Å²) in [6.07, 6.45) is -0.376. The van der Waals surface area contributed by atoms with Crippen LogP contribution in [-0.4, -0.2) is 148 Å². The van der Waals surface area contributed by atoms with Crippen LogP contribution in [0.15, 0.2) is 69.0 Å². The van der Waals surface area contributed by atoms with E-state index in [0.717, 1.165) is 11.3 Å². The summed E-state index contributed by atoms with van der Waals surface area (Å²) in [4.78, 5) is 140. The summed E-state index contributed by atoms with van der Waals surface area (Å²) in [6, 6.07) is 7.98. The Hall–Kier alpha value is -8.01. The number of aliphatic hydroxyl groups is 1. The highest BCUT2D eigenvalue weighted by Gasteiger charge is 2.39. The molecule has 90 heavy (non-hydrogen) atoms. The van der Waals surface area contributed by atoms with Crippen LogP contribution in [-0.2, 0) is 30.5 Å². The van der Waals surface area contributed by atoms with Crippen molar-refractivity contribution >= 4 is 115 Å². The fourth-order valence-electron chi connectivity index (χ4n) is 10.4. The molecule has 2 unspecified atom stereocenters. The van der Waals surface area contributed by atoms with Gasteiger partial charge in [0.1, 0.15) is 100 Å². The monoisotopic (exact) mass is 1330 g/mol. The van der Waals surface area contributed by atoms with E-state index in [0.29, 0.717) is 113 Å². The third-order valence-corrected chi connectivity index (χ3v) is 21.0. The topological polar surface area (TPSA) is 358 Å². The third kappa shape index (κ3) is 13.7. The number of rotatable bonds is 14. The first-order valence-electron chi connectivity index (χ1n) is 28.9. The van der Waals surface area contributed by atoms with Gasteiger partial charge in [-0.1, -0.05) is 58.0 Å². The first-order valence-corrected chi connectivity index (χ1v) is 34.0. The third-order valence-electron chi connectivity index (χ3n) is 15.2. The quantitative estimate of drug-likeness (QED) is 0.0618. The molecule has 3 aliphatic rings. The number of ketones is 1. The number of pyridine rings is 1. The van der Waals surface area contributed by atoms with E-state index < -0.39 is 72.4 Å². The number of amides is 6. The van der Waals surface area contributed by atoms with E-state index in [9.17, 15) is 38.7 Å². The van der Waals surface area contributed by atoms with Gasteiger partial charge in [0.05, 0.1) is 35.7 Å². The number of aromatic nitrogens is 7. The maximum absolute atomic E-state index is 14.4. The number of primary amides is 1. The molecule has 6 amide bonds. The van der Waals surface area contributed by atoms with E-state index in [1.54, 1.807) is 64.8 Å². The molecule has 31 heteroatoms. The summed E-state index contributed by atoms with van der Waals surface area (Å²) in [5.41, 5.74) is 14.6. The number of carbonyl (C=O) groups excluding carboxylic acids is 7. The number of aliphatic imine (C=N–C) groups is 1. The molecule has 10 heterocycles. The number of Topliss-reactive ketones (excluding diaryl/α,β-unsaturated/α-hetero) is 1. The molecular weight excluding hydrogens is 1270 g/mol. The Morgan fingerprint density at radius 3 is 2.18 bits per heavy atom. The number of benzene rings is 1. The number of ether oxygens (including phenoxy) is 1. The summed E-state index contributed by atoms with van der Waals surface area (Å²) < 4.78 is 5.91. The van der Waals surface area contributed by atoms with Gasteiger partial charge in [-0.05, 0) is 56.5 Å². The second-order valence-electron chi connectivity index (χ2n) is 21.6. The predicted octanol–water partition coefficient (Wildman–Crippen LogP) is 6.41. The molecule has 1 saturated heterocycles. The lowest BCUT2D eigenvalue weighted by molar-refractivity contribution is -0.138. The zero-order valence-corrected chi connectivity index (χ0v) is 54.2. The van der Waals surface area contributed by atoms with Gasteiger partial charge in [0, 0.05) is 51.5 Å². The highest BCUT2D eigenvalue weighted by Crippen LogP contribution is 2.40. The van der Waals surface area contributed by atoms with Gasteiger partial charge in [0.15, 0.2) is 6.04 Å². The molecule has 1 fully saturated rings. The van der Waals surface area contributed by atoms with Gasteiger partial charge in [-0.2, -0.15) is 0 Å². The Balaban J connectivity index is 0.973. The molecule has 1 aromatic carbocycles. The van der Waals surface area contributed by atoms with E-state index in [4.69, 9.17) is 51.1 Å². The lowest BCUT2D eigenvalue weighted by Crippen LogP contribution is -2.47. The van der Waals surface area contributed by atoms with Crippen LogP contribution in [0, 0.1) is 12.8 Å². The summed E-state index contributed by atoms with van der Waals surface area (Å²) in [5.74, 6) is -3.76. The van der Waals surface area contributed by atoms with Gasteiger partial charge in [0.2, 0.25) is 17.7 Å². The van der Waals surface area contributed by atoms with Crippen LogP contribution in [0.4, 0.5) is 0 Å². The highest BCUT2D eigenvalue weighted by atomic mass is 32.1. The van der Waals surface area contributed by atoms with Crippen LogP contribution in [0.1, 0.15) is 139 Å². The molecule has 468 valence electrons. The average Bonchev–Trinajstić information content (AvgIpc) is 1.86. The molecule has 25 nitrogen and oxygen atoms in total. The number of hydrogen-bond acceptors (Lipinski definition) is 25. The normalized spacial score (nSPS) is 19.4. The SMILES string of the molecule is CCN(CC)Cc1sc2nc1C(=O)NCC(=O)NC(C(O)c1ccccc1)c1nc(cs1)-c1nc(cs1)-c1nc(-c3nc(C4=N[C@H](C(=O)N5CCC[C@H]5C(N)=O)CO4)cs3)ccc1-c1nc(cs1)C(=O)N[C@@H](CC(=O)CN)c1nc(c(C)s1)C(=O)N[C@H]2C(C)C. The van der Waals surface area contributed by atoms with Gasteiger partial charge in [-0.25, -0.2) is 39.9 Å². The van der Waals surface area contributed by atoms with Crippen molar-refractivity contribution in [3.05, 3.63) is 117 Å². The largest absolute Gasteiger partial charge is 0.473 e. The Kier molecular flexibility index (Phi) is 19.5. The predicted molar refractivity (Wildman–Crippen MR) is 343 cm³/mol. The van der Waals surface area contributed by atoms with Crippen LogP contribution in [0.2, 0.25) is 0 Å². The summed E-state index contributed by atoms with van der Waals surface area (Å²) in [5, 5.41) is 33.0. The Bertz CT molecular complexity index is 4060. The molecule has 0 radical (unpaired) electrons. The average molecular weight is 1330 g/mol. The molecule has 3 aliphatic heterocycles. The smallest absolute Gasteiger partial charge is 0.271 e. The van der Waals surface area contributed by atoms with Gasteiger partial charge in [-0.15, -0.1) is 68.0 Å². The van der Waals surface area contributed by atoms with Crippen molar-refractivity contribution in [3.63, 3.8) is 0 Å². The maximum Gasteiger partial charge on any atom is 0.271 e. The van der Waals surface area contributed by atoms with E-state index in [1.807, 2.05) is 33.8 Å². The Morgan fingerprint density at radius 2 is 1.43 bits per heavy atom. The first-order chi connectivity index (χ1) is 43.4. The van der Waals surface area contributed by atoms with Crippen molar-refractivity contribution < 1.29 is 43.4 Å². The number of carbonyl (C=O) groups is 7. The number of nitrogens with two attached hydrogens (primary N) is 2. The van der Waals surface area contributed by atoms with Gasteiger partial charge in [-0.3, -0.25) is 38.5 Å². The van der Waals surface area contributed by atoms with E-state index in [1.165, 1.54) is 61.6 Å². The van der Waals surface area contributed by atoms with Crippen LogP contribution in [0.25, 0.3) is 43.4 Å². The lowest BCUT2D eigenvalue weighted by atomic mass is 10.0. The highest BCUT2D eigenvalue weighted by molar-refractivity contribution is 7.15. The molecule has 0 spiro atoms. The number of thiazole rings is 6. The summed E-state index contributed by atoms with van der Waals surface area (Å²) >= 11 is 7.33. The Morgan fingerprint density at radius 1 is 0.733 bits per heavy atom. The number of likely N-dealkylation sites (tertiary alicyclic amines) is 1. The molecule has 9 N–H and O–H groups in total. The molecule has 0 saturated carbocycles. The van der Waals surface area contributed by atoms with Gasteiger partial charge >= 0.3 is 0 Å². The number of nitrogens with zero attached hydrogens (tertiary/aromatic N) is 10. The van der Waals surface area contributed by atoms with E-state index >= 15 is 0 Å². The van der Waals surface area contributed by atoms with Crippen molar-refractivity contribution in [1.82, 2.24) is 66.0 Å². The van der Waals surface area contributed by atoms with Crippen LogP contribution >= 0.6 is 68.0 Å². The van der Waals surface area contributed by atoms with Crippen LogP contribution in [0.3, 0.4) is 0 Å². The molecule has 7 aromatic heterocycles. The molecule has 10 bridgehead atoms.